The van der Waals surface area contributed by atoms with Crippen molar-refractivity contribution in [1.82, 2.24) is 14.5 Å². The molecule has 2 aromatic carbocycles. The molecule has 2 bridgehead atoms. The van der Waals surface area contributed by atoms with Crippen LogP contribution in [0.3, 0.4) is 0 Å². The van der Waals surface area contributed by atoms with Gasteiger partial charge in [0, 0.05) is 79.7 Å². The molecule has 54 heavy (non-hydrogen) atoms. The van der Waals surface area contributed by atoms with Crippen LogP contribution in [0.25, 0.3) is 0 Å². The van der Waals surface area contributed by atoms with Crippen molar-refractivity contribution in [2.75, 3.05) is 64.4 Å². The minimum Gasteiger partial charge on any atom is -0.490 e. The number of halogens is 1. The molecule has 3 aliphatic heterocycles. The maximum Gasteiger partial charge on any atom is 0.262 e. The Morgan fingerprint density at radius 2 is 1.89 bits per heavy atom. The van der Waals surface area contributed by atoms with Crippen molar-refractivity contribution in [2.45, 2.75) is 101 Å². The number of amides is 1. The minimum atomic E-state index is -2.96. The molecule has 1 spiro atoms. The molecule has 7 atom stereocenters. The topological polar surface area (TPSA) is 74.4 Å². The number of carbonyl (C=O) groups is 1. The van der Waals surface area contributed by atoms with E-state index >= 15 is 0 Å². The fraction of sp³-hybridized carbons (Fsp3) is 0.636. The Morgan fingerprint density at radius 1 is 1.11 bits per heavy atom. The number of methoxy groups -OCH3 is 1. The molecule has 7 rings (SSSR count). The predicted octanol–water partition coefficient (Wildman–Crippen LogP) is 7.38. The van der Waals surface area contributed by atoms with Crippen LogP contribution >= 0.6 is 11.6 Å². The Kier molecular flexibility index (Phi) is 11.3. The molecule has 3 heterocycles. The summed E-state index contributed by atoms with van der Waals surface area (Å²) in [6, 6.07) is 12.1. The average Bonchev–Trinajstić information content (AvgIpc) is 3.29. The van der Waals surface area contributed by atoms with Crippen molar-refractivity contribution in [3.63, 3.8) is 0 Å². The van der Waals surface area contributed by atoms with Crippen LogP contribution in [0.15, 0.2) is 48.6 Å². The lowest BCUT2D eigenvalue weighted by atomic mass is 9.63. The molecule has 8 nitrogen and oxygen atoms in total. The molecular weight excluding hydrogens is 716 g/mol. The van der Waals surface area contributed by atoms with E-state index in [0.717, 1.165) is 107 Å². The summed E-state index contributed by atoms with van der Waals surface area (Å²) in [7, 11) is -1.05. The highest BCUT2D eigenvalue weighted by atomic mass is 35.5. The van der Waals surface area contributed by atoms with E-state index in [2.05, 4.69) is 77.3 Å². The highest BCUT2D eigenvalue weighted by Gasteiger charge is 2.50. The summed E-state index contributed by atoms with van der Waals surface area (Å²) < 4.78 is 30.5. The maximum atomic E-state index is 14.1. The number of ether oxygens (including phenoxy) is 2. The summed E-state index contributed by atoms with van der Waals surface area (Å²) in [6.45, 7) is 18.2. The standard InChI is InChI=1S/C44H63ClN4O4S/c1-8-42(4,5)49-23-21-47(22-24-49)29-44(52-6)20-9-11-31(2)32(3)54(7,51)46-41(50)34-14-18-40-39(26-34)48(27-35-13-16-38(35)44)28-43(30-53-40)19-10-12-33-25-36(45)15-17-37(33)43/h9,14-15,17-18,20,25-26,31-32,35,38H,7-8,10-13,16,19,21-24,27-30H2,1-6H3,(H,46,50,51)/b20-9+/t31-,32+,35-,38+,43-,44-,54?/m0/s1. The van der Waals surface area contributed by atoms with Gasteiger partial charge in [0.25, 0.3) is 5.91 Å². The van der Waals surface area contributed by atoms with Crippen molar-refractivity contribution in [1.29, 1.82) is 0 Å². The Labute approximate surface area is 330 Å². The van der Waals surface area contributed by atoms with Crippen LogP contribution in [-0.4, -0.2) is 102 Å². The van der Waals surface area contributed by atoms with Crippen LogP contribution in [-0.2, 0) is 26.3 Å². The summed E-state index contributed by atoms with van der Waals surface area (Å²) >= 11 is 6.53. The molecule has 296 valence electrons. The van der Waals surface area contributed by atoms with Gasteiger partial charge in [0.15, 0.2) is 0 Å². The van der Waals surface area contributed by atoms with Crippen LogP contribution in [0, 0.1) is 17.8 Å². The van der Waals surface area contributed by atoms with E-state index in [-0.39, 0.29) is 28.0 Å². The number of anilines is 1. The largest absolute Gasteiger partial charge is 0.490 e. The number of aryl methyl sites for hydroxylation is 1. The number of hydrogen-bond acceptors (Lipinski definition) is 7. The monoisotopic (exact) mass is 778 g/mol. The lowest BCUT2D eigenvalue weighted by Gasteiger charge is -2.53. The number of benzene rings is 2. The molecule has 0 aromatic heterocycles. The Balaban J connectivity index is 1.27. The zero-order valence-electron chi connectivity index (χ0n) is 33.5. The van der Waals surface area contributed by atoms with Gasteiger partial charge in [0.05, 0.1) is 22.0 Å². The van der Waals surface area contributed by atoms with Gasteiger partial charge in [-0.1, -0.05) is 43.7 Å². The van der Waals surface area contributed by atoms with Crippen LogP contribution < -0.4 is 14.4 Å². The number of piperazine rings is 1. The van der Waals surface area contributed by atoms with Gasteiger partial charge < -0.3 is 14.4 Å². The van der Waals surface area contributed by atoms with E-state index in [1.807, 2.05) is 32.2 Å². The number of nitrogens with zero attached hydrogens (tertiary/aromatic N) is 3. The first-order valence-electron chi connectivity index (χ1n) is 20.4. The van der Waals surface area contributed by atoms with E-state index in [1.165, 1.54) is 11.1 Å². The minimum absolute atomic E-state index is 0.0337. The third-order valence-corrected chi connectivity index (χ3v) is 16.8. The fourth-order valence-corrected chi connectivity index (χ4v) is 11.7. The Morgan fingerprint density at radius 3 is 2.59 bits per heavy atom. The SMILES string of the molecule is C=S1(=O)NC(=O)c2ccc3c(c2)N(C[C@@H]2CC[C@H]2[C@](CN2CCN(C(C)(C)CC)CC2)(OC)/C=C/C[C@H](C)[C@H]1C)C[C@@]1(CCCc2cc(Cl)ccc21)CO3. The number of fused-ring (bicyclic) bond motifs is 4. The number of hydrogen-bond donors (Lipinski definition) is 1. The van der Waals surface area contributed by atoms with Gasteiger partial charge >= 0.3 is 0 Å². The second kappa shape index (κ2) is 15.4. The summed E-state index contributed by atoms with van der Waals surface area (Å²) in [5.41, 5.74) is 3.52. The molecule has 2 fully saturated rings. The van der Waals surface area contributed by atoms with Crippen LogP contribution in [0.5, 0.6) is 5.75 Å². The van der Waals surface area contributed by atoms with Gasteiger partial charge in [-0.3, -0.25) is 19.3 Å². The number of nitrogens with one attached hydrogen (secondary N) is 1. The molecular formula is C44H63ClN4O4S. The first kappa shape index (κ1) is 39.7. The molecule has 0 radical (unpaired) electrons. The normalized spacial score (nSPS) is 34.5. The summed E-state index contributed by atoms with van der Waals surface area (Å²) in [5, 5.41) is 0.439. The zero-order valence-corrected chi connectivity index (χ0v) is 35.1. The van der Waals surface area contributed by atoms with Gasteiger partial charge in [0.2, 0.25) is 0 Å². The van der Waals surface area contributed by atoms with Crippen molar-refractivity contribution >= 4 is 38.8 Å². The second-order valence-electron chi connectivity index (χ2n) is 17.8. The average molecular weight is 780 g/mol. The summed E-state index contributed by atoms with van der Waals surface area (Å²) in [6.07, 6.45) is 11.8. The van der Waals surface area contributed by atoms with E-state index in [9.17, 15) is 9.00 Å². The molecule has 1 amide bonds. The third kappa shape index (κ3) is 7.61. The second-order valence-corrected chi connectivity index (χ2v) is 20.6. The molecule has 1 unspecified atom stereocenters. The van der Waals surface area contributed by atoms with Gasteiger partial charge in [0.1, 0.15) is 11.4 Å². The van der Waals surface area contributed by atoms with Crippen molar-refractivity contribution in [3.05, 3.63) is 70.3 Å². The Hall–Kier alpha value is -2.56. The highest BCUT2D eigenvalue weighted by molar-refractivity contribution is 7.99. The van der Waals surface area contributed by atoms with Crippen LogP contribution in [0.4, 0.5) is 5.69 Å². The number of carbonyl (C=O) groups excluding carboxylic acids is 1. The van der Waals surface area contributed by atoms with Crippen molar-refractivity contribution < 1.29 is 18.5 Å². The van der Waals surface area contributed by atoms with Crippen molar-refractivity contribution in [3.8, 4) is 5.75 Å². The lowest BCUT2D eigenvalue weighted by Crippen LogP contribution is -2.60. The van der Waals surface area contributed by atoms with Gasteiger partial charge in [-0.05, 0) is 131 Å². The predicted molar refractivity (Wildman–Crippen MR) is 224 cm³/mol. The smallest absolute Gasteiger partial charge is 0.262 e. The molecule has 2 aliphatic carbocycles. The molecule has 5 aliphatic rings. The maximum absolute atomic E-state index is 14.1. The summed E-state index contributed by atoms with van der Waals surface area (Å²) in [4.78, 5) is 21.6. The van der Waals surface area contributed by atoms with Gasteiger partial charge in [-0.2, -0.15) is 0 Å². The molecule has 1 saturated carbocycles. The fourth-order valence-electron chi connectivity index (χ4n) is 9.99. The Bertz CT molecular complexity index is 1840. The third-order valence-electron chi connectivity index (χ3n) is 14.3. The van der Waals surface area contributed by atoms with E-state index in [0.29, 0.717) is 24.0 Å². The quantitative estimate of drug-likeness (QED) is 0.251. The van der Waals surface area contributed by atoms with E-state index < -0.39 is 15.3 Å². The molecule has 2 aromatic rings. The van der Waals surface area contributed by atoms with Crippen LogP contribution in [0.1, 0.15) is 94.6 Å². The molecule has 1 N–H and O–H groups in total. The van der Waals surface area contributed by atoms with Crippen LogP contribution in [0.2, 0.25) is 5.02 Å². The zero-order chi connectivity index (χ0) is 38.5. The first-order chi connectivity index (χ1) is 25.7. The molecule has 10 heteroatoms. The van der Waals surface area contributed by atoms with Gasteiger partial charge in [-0.15, -0.1) is 0 Å². The van der Waals surface area contributed by atoms with E-state index in [4.69, 9.17) is 21.1 Å². The first-order valence-corrected chi connectivity index (χ1v) is 22.6. The van der Waals surface area contributed by atoms with E-state index in [1.54, 1.807) is 6.07 Å². The highest BCUT2D eigenvalue weighted by Crippen LogP contribution is 2.49. The van der Waals surface area contributed by atoms with Crippen molar-refractivity contribution in [2.24, 2.45) is 17.8 Å². The lowest BCUT2D eigenvalue weighted by molar-refractivity contribution is -0.0979. The number of allylic oxidation sites excluding steroid dienone is 1. The summed E-state index contributed by atoms with van der Waals surface area (Å²) in [5.74, 6) is 5.24. The van der Waals surface area contributed by atoms with Gasteiger partial charge in [-0.25, -0.2) is 4.21 Å². The number of rotatable bonds is 5. The molecule has 1 saturated heterocycles.